The summed E-state index contributed by atoms with van der Waals surface area (Å²) in [6, 6.07) is 7.99. The monoisotopic (exact) mass is 304 g/mol. The van der Waals surface area contributed by atoms with Crippen LogP contribution in [0, 0.1) is 3.57 Å². The number of aliphatic imine (C=N–C) groups is 1. The van der Waals surface area contributed by atoms with E-state index in [1.54, 1.807) is 0 Å². The fraction of sp³-hybridized carbons (Fsp3) is 0.222. The number of hydrogen-bond donors (Lipinski definition) is 3. The van der Waals surface area contributed by atoms with E-state index in [2.05, 4.69) is 38.3 Å². The molecule has 0 spiro atoms. The van der Waals surface area contributed by atoms with Crippen LogP contribution in [0.1, 0.15) is 6.92 Å². The highest BCUT2D eigenvalue weighted by molar-refractivity contribution is 14.1. The Morgan fingerprint density at radius 2 is 2.07 bits per heavy atom. The maximum atomic E-state index is 5.29. The van der Waals surface area contributed by atoms with Gasteiger partial charge in [0.1, 0.15) is 0 Å². The Morgan fingerprint density at radius 1 is 1.43 bits per heavy atom. The number of nitrogens with two attached hydrogens (primary N) is 1. The largest absolute Gasteiger partial charge is 0.325 e. The topological polar surface area (TPSA) is 62.4 Å². The van der Waals surface area contributed by atoms with E-state index in [0.29, 0.717) is 12.5 Å². The van der Waals surface area contributed by atoms with Crippen molar-refractivity contribution in [3.05, 3.63) is 27.8 Å². The summed E-state index contributed by atoms with van der Waals surface area (Å²) >= 11 is 2.26. The van der Waals surface area contributed by atoms with Gasteiger partial charge in [-0.25, -0.2) is 5.84 Å². The summed E-state index contributed by atoms with van der Waals surface area (Å²) in [4.78, 5) is 4.13. The van der Waals surface area contributed by atoms with E-state index in [9.17, 15) is 0 Å². The van der Waals surface area contributed by atoms with E-state index in [0.717, 1.165) is 5.69 Å². The van der Waals surface area contributed by atoms with Crippen LogP contribution in [0.4, 0.5) is 5.69 Å². The molecule has 0 bridgehead atoms. The molecule has 0 aliphatic rings. The first kappa shape index (κ1) is 11.3. The molecule has 0 saturated heterocycles. The van der Waals surface area contributed by atoms with E-state index < -0.39 is 0 Å². The number of rotatable bonds is 2. The number of nitrogens with one attached hydrogen (secondary N) is 2. The number of benzene rings is 1. The summed E-state index contributed by atoms with van der Waals surface area (Å²) < 4.78 is 1.20. The zero-order valence-corrected chi connectivity index (χ0v) is 10.1. The molecule has 4 N–H and O–H groups in total. The molecular weight excluding hydrogens is 291 g/mol. The fourth-order valence-corrected chi connectivity index (χ4v) is 1.31. The molecule has 1 rings (SSSR count). The van der Waals surface area contributed by atoms with Crippen LogP contribution < -0.4 is 16.6 Å². The Balaban J connectivity index is 2.67. The quantitative estimate of drug-likeness (QED) is 0.255. The van der Waals surface area contributed by atoms with Crippen LogP contribution in [-0.2, 0) is 0 Å². The van der Waals surface area contributed by atoms with Gasteiger partial charge in [-0.15, -0.1) is 0 Å². The highest BCUT2D eigenvalue weighted by Gasteiger charge is 1.96. The summed E-state index contributed by atoms with van der Waals surface area (Å²) in [7, 11) is 0. The van der Waals surface area contributed by atoms with Gasteiger partial charge in [-0.2, -0.15) is 0 Å². The van der Waals surface area contributed by atoms with Gasteiger partial charge in [0.15, 0.2) is 0 Å². The minimum atomic E-state index is 0.578. The Labute approximate surface area is 97.1 Å². The SMILES string of the molecule is CCN=C(NN)Nc1ccc(I)cc1. The van der Waals surface area contributed by atoms with Crippen LogP contribution in [0.5, 0.6) is 0 Å². The van der Waals surface area contributed by atoms with Crippen molar-refractivity contribution in [2.24, 2.45) is 10.8 Å². The zero-order valence-electron chi connectivity index (χ0n) is 7.92. The molecule has 0 aromatic heterocycles. The molecular formula is C9H13IN4. The van der Waals surface area contributed by atoms with Crippen molar-refractivity contribution in [1.29, 1.82) is 0 Å². The van der Waals surface area contributed by atoms with E-state index in [-0.39, 0.29) is 0 Å². The number of nitrogens with zero attached hydrogens (tertiary/aromatic N) is 1. The van der Waals surface area contributed by atoms with Gasteiger partial charge >= 0.3 is 0 Å². The first-order valence-corrected chi connectivity index (χ1v) is 5.37. The molecule has 1 aromatic rings. The summed E-state index contributed by atoms with van der Waals surface area (Å²) in [5, 5.41) is 3.07. The molecule has 0 fully saturated rings. The second-order valence-corrected chi connectivity index (χ2v) is 3.84. The van der Waals surface area contributed by atoms with Gasteiger partial charge in [0.05, 0.1) is 0 Å². The lowest BCUT2D eigenvalue weighted by molar-refractivity contribution is 0.986. The van der Waals surface area contributed by atoms with Crippen LogP contribution in [0.25, 0.3) is 0 Å². The normalized spacial score (nSPS) is 11.2. The molecule has 1 aromatic carbocycles. The van der Waals surface area contributed by atoms with Crippen LogP contribution in [-0.4, -0.2) is 12.5 Å². The molecule has 0 atom stereocenters. The highest BCUT2D eigenvalue weighted by atomic mass is 127. The molecule has 0 aliphatic heterocycles. The van der Waals surface area contributed by atoms with Crippen molar-refractivity contribution >= 4 is 34.2 Å². The van der Waals surface area contributed by atoms with Gasteiger partial charge in [0.2, 0.25) is 5.96 Å². The van der Waals surface area contributed by atoms with Crippen LogP contribution in [0.2, 0.25) is 0 Å². The molecule has 0 amide bonds. The van der Waals surface area contributed by atoms with Crippen molar-refractivity contribution in [2.75, 3.05) is 11.9 Å². The summed E-state index contributed by atoms with van der Waals surface area (Å²) in [5.74, 6) is 5.87. The number of guanidine groups is 1. The number of hydrazine groups is 1. The van der Waals surface area contributed by atoms with Crippen molar-refractivity contribution < 1.29 is 0 Å². The maximum absolute atomic E-state index is 5.29. The molecule has 14 heavy (non-hydrogen) atoms. The highest BCUT2D eigenvalue weighted by Crippen LogP contribution is 2.10. The summed E-state index contributed by atoms with van der Waals surface area (Å²) in [5.41, 5.74) is 3.47. The Hall–Kier alpha value is -0.820. The molecule has 0 saturated carbocycles. The molecule has 0 heterocycles. The average molecular weight is 304 g/mol. The van der Waals surface area contributed by atoms with E-state index in [4.69, 9.17) is 5.84 Å². The molecule has 0 unspecified atom stereocenters. The lowest BCUT2D eigenvalue weighted by Crippen LogP contribution is -2.36. The van der Waals surface area contributed by atoms with E-state index in [1.165, 1.54) is 3.57 Å². The van der Waals surface area contributed by atoms with Gasteiger partial charge in [-0.3, -0.25) is 10.4 Å². The van der Waals surface area contributed by atoms with Crippen LogP contribution in [0.3, 0.4) is 0 Å². The lowest BCUT2D eigenvalue weighted by Gasteiger charge is -2.08. The minimum absolute atomic E-state index is 0.578. The summed E-state index contributed by atoms with van der Waals surface area (Å²) in [6.07, 6.45) is 0. The Morgan fingerprint density at radius 3 is 2.57 bits per heavy atom. The summed E-state index contributed by atoms with van der Waals surface area (Å²) in [6.45, 7) is 2.64. The van der Waals surface area contributed by atoms with Crippen molar-refractivity contribution in [3.63, 3.8) is 0 Å². The molecule has 76 valence electrons. The van der Waals surface area contributed by atoms with Gasteiger partial charge < -0.3 is 5.32 Å². The van der Waals surface area contributed by atoms with Crippen molar-refractivity contribution in [2.45, 2.75) is 6.92 Å². The average Bonchev–Trinajstić information content (AvgIpc) is 2.20. The predicted octanol–water partition coefficient (Wildman–Crippen LogP) is 1.54. The first-order chi connectivity index (χ1) is 6.76. The van der Waals surface area contributed by atoms with Gasteiger partial charge in [-0.05, 0) is 53.8 Å². The van der Waals surface area contributed by atoms with Gasteiger partial charge in [0.25, 0.3) is 0 Å². The van der Waals surface area contributed by atoms with Crippen molar-refractivity contribution in [1.82, 2.24) is 5.43 Å². The Bertz CT molecular complexity index is 307. The first-order valence-electron chi connectivity index (χ1n) is 4.30. The number of anilines is 1. The fourth-order valence-electron chi connectivity index (χ4n) is 0.949. The lowest BCUT2D eigenvalue weighted by atomic mass is 10.3. The molecule has 0 aliphatic carbocycles. The zero-order chi connectivity index (χ0) is 10.4. The third-order valence-electron chi connectivity index (χ3n) is 1.56. The Kier molecular flexibility index (Phi) is 4.68. The smallest absolute Gasteiger partial charge is 0.210 e. The number of halogens is 1. The van der Waals surface area contributed by atoms with E-state index in [1.807, 2.05) is 31.2 Å². The molecule has 5 heteroatoms. The van der Waals surface area contributed by atoms with Gasteiger partial charge in [-0.1, -0.05) is 0 Å². The second-order valence-electron chi connectivity index (χ2n) is 2.60. The third-order valence-corrected chi connectivity index (χ3v) is 2.28. The maximum Gasteiger partial charge on any atom is 0.210 e. The standard InChI is InChI=1S/C9H13IN4/c1-2-12-9(14-11)13-8-5-3-7(10)4-6-8/h3-6H,2,11H2,1H3,(H2,12,13,14). The van der Waals surface area contributed by atoms with E-state index >= 15 is 0 Å². The van der Waals surface area contributed by atoms with Crippen LogP contribution >= 0.6 is 22.6 Å². The molecule has 4 nitrogen and oxygen atoms in total. The minimum Gasteiger partial charge on any atom is -0.325 e. The molecule has 0 radical (unpaired) electrons. The van der Waals surface area contributed by atoms with Crippen LogP contribution in [0.15, 0.2) is 29.3 Å². The second kappa shape index (κ2) is 5.82. The predicted molar refractivity (Wildman–Crippen MR) is 68.1 cm³/mol. The van der Waals surface area contributed by atoms with Crippen molar-refractivity contribution in [3.8, 4) is 0 Å². The van der Waals surface area contributed by atoms with Gasteiger partial charge in [0, 0.05) is 15.8 Å². The number of hydrogen-bond acceptors (Lipinski definition) is 2. The third kappa shape index (κ3) is 3.51.